The van der Waals surface area contributed by atoms with E-state index in [1.165, 1.54) is 199 Å². The van der Waals surface area contributed by atoms with Crippen molar-refractivity contribution in [2.45, 2.75) is 407 Å². The van der Waals surface area contributed by atoms with E-state index < -0.39 is 97.5 Å². The number of unbranched alkanes of at least 4 members (excludes halogenated alkanes) is 43. The molecule has 0 fully saturated rings. The lowest BCUT2D eigenvalue weighted by Crippen LogP contribution is -2.30. The van der Waals surface area contributed by atoms with Gasteiger partial charge in [0.2, 0.25) is 0 Å². The molecular formula is C75H146O17P2. The van der Waals surface area contributed by atoms with Gasteiger partial charge in [-0.15, -0.1) is 0 Å². The van der Waals surface area contributed by atoms with Gasteiger partial charge < -0.3 is 33.8 Å². The third kappa shape index (κ3) is 67.3. The van der Waals surface area contributed by atoms with E-state index >= 15 is 0 Å². The van der Waals surface area contributed by atoms with Crippen LogP contribution in [-0.4, -0.2) is 96.7 Å². The Labute approximate surface area is 575 Å². The van der Waals surface area contributed by atoms with Crippen LogP contribution in [0.25, 0.3) is 0 Å². The summed E-state index contributed by atoms with van der Waals surface area (Å²) in [6.45, 7) is 9.56. The Hall–Kier alpha value is -1.94. The summed E-state index contributed by atoms with van der Waals surface area (Å²) >= 11 is 0. The minimum absolute atomic E-state index is 0.106. The van der Waals surface area contributed by atoms with Crippen LogP contribution in [0.2, 0.25) is 0 Å². The van der Waals surface area contributed by atoms with Gasteiger partial charge in [0.15, 0.2) is 12.2 Å². The molecule has 0 amide bonds. The molecule has 0 aliphatic carbocycles. The summed E-state index contributed by atoms with van der Waals surface area (Å²) in [6, 6.07) is 0. The quantitative estimate of drug-likeness (QED) is 0.0222. The third-order valence-corrected chi connectivity index (χ3v) is 19.7. The number of esters is 4. The molecule has 0 saturated carbocycles. The molecule has 0 aromatic heterocycles. The first-order valence-corrected chi connectivity index (χ1v) is 42.0. The van der Waals surface area contributed by atoms with Gasteiger partial charge in [0.05, 0.1) is 26.4 Å². The molecule has 0 aliphatic rings. The van der Waals surface area contributed by atoms with Crippen LogP contribution in [0.3, 0.4) is 0 Å². The molecule has 0 rings (SSSR count). The smallest absolute Gasteiger partial charge is 0.462 e. The van der Waals surface area contributed by atoms with Crippen molar-refractivity contribution < 1.29 is 80.2 Å². The average molecular weight is 1380 g/mol. The monoisotopic (exact) mass is 1380 g/mol. The highest BCUT2D eigenvalue weighted by molar-refractivity contribution is 7.47. The zero-order valence-corrected chi connectivity index (χ0v) is 63.1. The highest BCUT2D eigenvalue weighted by atomic mass is 31.2. The summed E-state index contributed by atoms with van der Waals surface area (Å²) in [5.74, 6) is -0.591. The fourth-order valence-corrected chi connectivity index (χ4v) is 13.0. The van der Waals surface area contributed by atoms with Crippen LogP contribution in [0.4, 0.5) is 0 Å². The van der Waals surface area contributed by atoms with Gasteiger partial charge in [-0.05, 0) is 37.5 Å². The van der Waals surface area contributed by atoms with Crippen molar-refractivity contribution in [2.75, 3.05) is 39.6 Å². The molecular weight excluding hydrogens is 1230 g/mol. The highest BCUT2D eigenvalue weighted by Gasteiger charge is 2.30. The number of phosphoric ester groups is 2. The van der Waals surface area contributed by atoms with Crippen LogP contribution in [-0.2, 0) is 65.4 Å². The molecule has 0 aliphatic heterocycles. The predicted octanol–water partition coefficient (Wildman–Crippen LogP) is 21.9. The summed E-state index contributed by atoms with van der Waals surface area (Å²) in [7, 11) is -9.91. The maximum absolute atomic E-state index is 13.1. The Kier molecular flexibility index (Phi) is 65.5. The van der Waals surface area contributed by atoms with E-state index in [9.17, 15) is 43.2 Å². The maximum atomic E-state index is 13.1. The van der Waals surface area contributed by atoms with Crippen LogP contribution < -0.4 is 0 Å². The van der Waals surface area contributed by atoms with E-state index in [2.05, 4.69) is 41.5 Å². The van der Waals surface area contributed by atoms with Gasteiger partial charge in [-0.2, -0.15) is 0 Å². The van der Waals surface area contributed by atoms with Gasteiger partial charge in [0, 0.05) is 25.7 Å². The van der Waals surface area contributed by atoms with Crippen molar-refractivity contribution in [3.05, 3.63) is 0 Å². The second-order valence-corrected chi connectivity index (χ2v) is 30.7. The third-order valence-electron chi connectivity index (χ3n) is 17.8. The molecule has 6 atom stereocenters. The minimum Gasteiger partial charge on any atom is -0.462 e. The molecule has 19 heteroatoms. The van der Waals surface area contributed by atoms with E-state index in [1.807, 2.05) is 0 Å². The normalized spacial score (nSPS) is 14.3. The van der Waals surface area contributed by atoms with E-state index in [1.54, 1.807) is 0 Å². The molecule has 94 heavy (non-hydrogen) atoms. The SMILES string of the molecule is CCCCCCCCCCCCCCCCCC(=O)OC[C@H](COP(=O)(O)OC[C@@H](O)COP(=O)(O)OC[C@@H](COC(=O)CCCCCCCCC(C)C)OC(=O)CCCCCCCCCCCCCC)OC(=O)CCCCCCCCCCCCCCCCC(C)CC. The van der Waals surface area contributed by atoms with Gasteiger partial charge >= 0.3 is 39.5 Å². The Morgan fingerprint density at radius 2 is 0.543 bits per heavy atom. The maximum Gasteiger partial charge on any atom is 0.472 e. The fraction of sp³-hybridized carbons (Fsp3) is 0.947. The van der Waals surface area contributed by atoms with Crippen LogP contribution in [0.5, 0.6) is 0 Å². The van der Waals surface area contributed by atoms with E-state index in [-0.39, 0.29) is 25.7 Å². The molecule has 0 spiro atoms. The predicted molar refractivity (Wildman–Crippen MR) is 381 cm³/mol. The number of carbonyl (C=O) groups is 4. The van der Waals surface area contributed by atoms with E-state index in [0.717, 1.165) is 102 Å². The van der Waals surface area contributed by atoms with Gasteiger partial charge in [-0.25, -0.2) is 9.13 Å². The van der Waals surface area contributed by atoms with Crippen LogP contribution in [0, 0.1) is 11.8 Å². The number of hydrogen-bond acceptors (Lipinski definition) is 15. The van der Waals surface area contributed by atoms with Gasteiger partial charge in [0.25, 0.3) is 0 Å². The molecule has 3 unspecified atom stereocenters. The lowest BCUT2D eigenvalue weighted by atomic mass is 9.99. The average Bonchev–Trinajstić information content (AvgIpc) is 2.03. The fourth-order valence-electron chi connectivity index (χ4n) is 11.4. The van der Waals surface area contributed by atoms with Gasteiger partial charge in [-0.3, -0.25) is 37.3 Å². The topological polar surface area (TPSA) is 237 Å². The van der Waals surface area contributed by atoms with Gasteiger partial charge in [-0.1, -0.05) is 337 Å². The summed E-state index contributed by atoms with van der Waals surface area (Å²) < 4.78 is 68.5. The first-order chi connectivity index (χ1) is 45.4. The van der Waals surface area contributed by atoms with Crippen molar-refractivity contribution >= 4 is 39.5 Å². The minimum atomic E-state index is -4.96. The molecule has 17 nitrogen and oxygen atoms in total. The number of aliphatic hydroxyl groups excluding tert-OH is 1. The Bertz CT molecular complexity index is 1820. The van der Waals surface area contributed by atoms with Crippen molar-refractivity contribution in [3.63, 3.8) is 0 Å². The molecule has 0 heterocycles. The number of carbonyl (C=O) groups excluding carboxylic acids is 4. The first kappa shape index (κ1) is 92.1. The summed E-state index contributed by atoms with van der Waals surface area (Å²) in [5.41, 5.74) is 0. The number of ether oxygens (including phenoxy) is 4. The summed E-state index contributed by atoms with van der Waals surface area (Å²) in [4.78, 5) is 72.7. The standard InChI is InChI=1S/C75H146O17P2/c1-7-10-12-14-16-18-20-22-23-27-31-34-38-45-51-57-72(77)85-63-70(91-75(80)60-54-48-40-36-32-28-25-24-26-29-33-37-44-50-56-68(6)9-3)65-89-93(81,82)87-61-69(76)62-88-94(83,84)90-66-71(64-86-73(78)58-52-46-42-41-43-49-55-67(4)5)92-74(79)59-53-47-39-35-30-21-19-17-15-13-11-8-2/h67-71,76H,7-66H2,1-6H3,(H,81,82)(H,83,84)/t68?,69-,70-,71-/m1/s1. The van der Waals surface area contributed by atoms with Crippen LogP contribution in [0.1, 0.15) is 388 Å². The Morgan fingerprint density at radius 1 is 0.309 bits per heavy atom. The summed E-state index contributed by atoms with van der Waals surface area (Å²) in [5, 5.41) is 10.6. The molecule has 558 valence electrons. The number of aliphatic hydroxyl groups is 1. The van der Waals surface area contributed by atoms with Crippen molar-refractivity contribution in [3.8, 4) is 0 Å². The van der Waals surface area contributed by atoms with Crippen molar-refractivity contribution in [1.82, 2.24) is 0 Å². The molecule has 0 aromatic carbocycles. The zero-order chi connectivity index (χ0) is 69.3. The molecule has 0 saturated heterocycles. The number of hydrogen-bond donors (Lipinski definition) is 3. The molecule has 0 radical (unpaired) electrons. The van der Waals surface area contributed by atoms with Crippen molar-refractivity contribution in [1.29, 1.82) is 0 Å². The summed E-state index contributed by atoms with van der Waals surface area (Å²) in [6.07, 6.45) is 54.1. The van der Waals surface area contributed by atoms with Crippen LogP contribution >= 0.6 is 15.6 Å². The first-order valence-electron chi connectivity index (χ1n) is 39.0. The lowest BCUT2D eigenvalue weighted by molar-refractivity contribution is -0.161. The van der Waals surface area contributed by atoms with E-state index in [4.69, 9.17) is 37.0 Å². The largest absolute Gasteiger partial charge is 0.472 e. The van der Waals surface area contributed by atoms with E-state index in [0.29, 0.717) is 31.6 Å². The number of rotatable bonds is 74. The van der Waals surface area contributed by atoms with Crippen LogP contribution in [0.15, 0.2) is 0 Å². The second kappa shape index (κ2) is 66.9. The molecule has 0 bridgehead atoms. The molecule has 3 N–H and O–H groups in total. The number of phosphoric acid groups is 2. The Balaban J connectivity index is 5.23. The zero-order valence-electron chi connectivity index (χ0n) is 61.3. The Morgan fingerprint density at radius 3 is 0.809 bits per heavy atom. The second-order valence-electron chi connectivity index (χ2n) is 27.8. The highest BCUT2D eigenvalue weighted by Crippen LogP contribution is 2.45. The lowest BCUT2D eigenvalue weighted by Gasteiger charge is -2.21. The van der Waals surface area contributed by atoms with Gasteiger partial charge in [0.1, 0.15) is 19.3 Å². The molecule has 0 aromatic rings. The van der Waals surface area contributed by atoms with Crippen molar-refractivity contribution in [2.24, 2.45) is 11.8 Å².